The van der Waals surface area contributed by atoms with Crippen molar-refractivity contribution >= 4 is 17.4 Å². The summed E-state index contributed by atoms with van der Waals surface area (Å²) < 4.78 is 1.79. The number of rotatable bonds is 5. The van der Waals surface area contributed by atoms with Crippen molar-refractivity contribution in [2.45, 2.75) is 46.7 Å². The van der Waals surface area contributed by atoms with Crippen LogP contribution in [-0.2, 0) is 4.79 Å². The SMILES string of the molecule is Cc1cccc(N[C@H](C)C(=O)Nc2ccnn2C(C)C)c1C. The first-order chi connectivity index (χ1) is 10.4. The summed E-state index contributed by atoms with van der Waals surface area (Å²) >= 11 is 0. The molecule has 1 aromatic heterocycles. The summed E-state index contributed by atoms with van der Waals surface area (Å²) in [6, 6.07) is 7.71. The van der Waals surface area contributed by atoms with Crippen LogP contribution in [0.4, 0.5) is 11.5 Å². The van der Waals surface area contributed by atoms with Gasteiger partial charge < -0.3 is 10.6 Å². The van der Waals surface area contributed by atoms with E-state index >= 15 is 0 Å². The van der Waals surface area contributed by atoms with Gasteiger partial charge in [-0.1, -0.05) is 12.1 Å². The topological polar surface area (TPSA) is 59.0 Å². The molecule has 1 aromatic carbocycles. The molecule has 1 atom stereocenters. The molecule has 0 saturated carbocycles. The molecule has 2 aromatic rings. The maximum atomic E-state index is 12.4. The minimum Gasteiger partial charge on any atom is -0.374 e. The van der Waals surface area contributed by atoms with E-state index in [0.29, 0.717) is 0 Å². The van der Waals surface area contributed by atoms with E-state index in [-0.39, 0.29) is 18.0 Å². The van der Waals surface area contributed by atoms with Gasteiger partial charge in [-0.15, -0.1) is 0 Å². The Morgan fingerprint density at radius 1 is 1.18 bits per heavy atom. The maximum absolute atomic E-state index is 12.4. The van der Waals surface area contributed by atoms with Crippen molar-refractivity contribution < 1.29 is 4.79 Å². The number of hydrogen-bond donors (Lipinski definition) is 2. The largest absolute Gasteiger partial charge is 0.374 e. The van der Waals surface area contributed by atoms with E-state index in [2.05, 4.69) is 35.6 Å². The molecular formula is C17H24N4O. The van der Waals surface area contributed by atoms with Crippen LogP contribution < -0.4 is 10.6 Å². The van der Waals surface area contributed by atoms with Crippen LogP contribution in [-0.4, -0.2) is 21.7 Å². The molecule has 5 nitrogen and oxygen atoms in total. The Morgan fingerprint density at radius 2 is 1.91 bits per heavy atom. The lowest BCUT2D eigenvalue weighted by molar-refractivity contribution is -0.116. The number of anilines is 2. The predicted molar refractivity (Wildman–Crippen MR) is 90.2 cm³/mol. The van der Waals surface area contributed by atoms with Crippen molar-refractivity contribution in [2.75, 3.05) is 10.6 Å². The minimum absolute atomic E-state index is 0.0803. The summed E-state index contributed by atoms with van der Waals surface area (Å²) in [5.41, 5.74) is 3.35. The molecule has 0 bridgehead atoms. The van der Waals surface area contributed by atoms with Gasteiger partial charge in [0.25, 0.3) is 0 Å². The Kier molecular flexibility index (Phi) is 4.85. The zero-order valence-electron chi connectivity index (χ0n) is 13.8. The summed E-state index contributed by atoms with van der Waals surface area (Å²) in [7, 11) is 0. The number of carbonyl (C=O) groups is 1. The lowest BCUT2D eigenvalue weighted by atomic mass is 10.1. The van der Waals surface area contributed by atoms with Gasteiger partial charge in [0, 0.05) is 17.8 Å². The highest BCUT2D eigenvalue weighted by Crippen LogP contribution is 2.19. The first-order valence-corrected chi connectivity index (χ1v) is 7.57. The van der Waals surface area contributed by atoms with Gasteiger partial charge in [0.1, 0.15) is 11.9 Å². The van der Waals surface area contributed by atoms with Gasteiger partial charge in [-0.05, 0) is 51.8 Å². The predicted octanol–water partition coefficient (Wildman–Crippen LogP) is 3.52. The number of nitrogens with one attached hydrogen (secondary N) is 2. The van der Waals surface area contributed by atoms with E-state index in [9.17, 15) is 4.79 Å². The van der Waals surface area contributed by atoms with Crippen LogP contribution in [0.1, 0.15) is 37.9 Å². The second-order valence-corrected chi connectivity index (χ2v) is 5.86. The first kappa shape index (κ1) is 16.1. The minimum atomic E-state index is -0.337. The fourth-order valence-electron chi connectivity index (χ4n) is 2.27. The summed E-state index contributed by atoms with van der Waals surface area (Å²) in [5, 5.41) is 10.4. The smallest absolute Gasteiger partial charge is 0.247 e. The van der Waals surface area contributed by atoms with Gasteiger partial charge in [0.05, 0.1) is 6.20 Å². The molecule has 0 radical (unpaired) electrons. The summed E-state index contributed by atoms with van der Waals surface area (Å²) in [6.07, 6.45) is 1.69. The molecule has 0 aliphatic rings. The first-order valence-electron chi connectivity index (χ1n) is 7.57. The Balaban J connectivity index is 2.06. The normalized spacial score (nSPS) is 12.3. The third-order valence-electron chi connectivity index (χ3n) is 3.78. The average Bonchev–Trinajstić information content (AvgIpc) is 2.92. The van der Waals surface area contributed by atoms with E-state index in [1.165, 1.54) is 5.56 Å². The van der Waals surface area contributed by atoms with Crippen molar-refractivity contribution in [3.8, 4) is 0 Å². The number of nitrogens with zero attached hydrogens (tertiary/aromatic N) is 2. The highest BCUT2D eigenvalue weighted by Gasteiger charge is 2.16. The number of carbonyl (C=O) groups excluding carboxylic acids is 1. The Hall–Kier alpha value is -2.30. The van der Waals surface area contributed by atoms with Gasteiger partial charge in [-0.3, -0.25) is 4.79 Å². The fraction of sp³-hybridized carbons (Fsp3) is 0.412. The van der Waals surface area contributed by atoms with E-state index < -0.39 is 0 Å². The lowest BCUT2D eigenvalue weighted by Crippen LogP contribution is -2.33. The van der Waals surface area contributed by atoms with Crippen LogP contribution in [0.25, 0.3) is 0 Å². The quantitative estimate of drug-likeness (QED) is 0.888. The number of benzene rings is 1. The average molecular weight is 300 g/mol. The second-order valence-electron chi connectivity index (χ2n) is 5.86. The van der Waals surface area contributed by atoms with Crippen LogP contribution in [0.3, 0.4) is 0 Å². The third-order valence-corrected chi connectivity index (χ3v) is 3.78. The monoisotopic (exact) mass is 300 g/mol. The molecule has 0 spiro atoms. The molecule has 22 heavy (non-hydrogen) atoms. The fourth-order valence-corrected chi connectivity index (χ4v) is 2.27. The van der Waals surface area contributed by atoms with E-state index in [4.69, 9.17) is 0 Å². The molecule has 1 heterocycles. The number of amides is 1. The highest BCUT2D eigenvalue weighted by atomic mass is 16.2. The maximum Gasteiger partial charge on any atom is 0.247 e. The van der Waals surface area contributed by atoms with Gasteiger partial charge >= 0.3 is 0 Å². The van der Waals surface area contributed by atoms with Crippen molar-refractivity contribution in [1.29, 1.82) is 0 Å². The molecule has 118 valence electrons. The molecule has 0 unspecified atom stereocenters. The Bertz CT molecular complexity index is 660. The Labute approximate surface area is 131 Å². The molecule has 0 aliphatic carbocycles. The third kappa shape index (κ3) is 3.47. The zero-order valence-corrected chi connectivity index (χ0v) is 13.8. The molecular weight excluding hydrogens is 276 g/mol. The van der Waals surface area contributed by atoms with Crippen molar-refractivity contribution in [2.24, 2.45) is 0 Å². The summed E-state index contributed by atoms with van der Waals surface area (Å²) in [6.45, 7) is 10.0. The molecule has 2 N–H and O–H groups in total. The summed E-state index contributed by atoms with van der Waals surface area (Å²) in [5.74, 6) is 0.637. The molecule has 0 saturated heterocycles. The van der Waals surface area contributed by atoms with Crippen LogP contribution >= 0.6 is 0 Å². The highest BCUT2D eigenvalue weighted by molar-refractivity contribution is 5.95. The van der Waals surface area contributed by atoms with Crippen LogP contribution in [0.5, 0.6) is 0 Å². The van der Waals surface area contributed by atoms with Gasteiger partial charge in [-0.2, -0.15) is 5.10 Å². The number of aromatic nitrogens is 2. The van der Waals surface area contributed by atoms with Crippen LogP contribution in [0, 0.1) is 13.8 Å². The lowest BCUT2D eigenvalue weighted by Gasteiger charge is -2.18. The zero-order chi connectivity index (χ0) is 16.3. The molecule has 5 heteroatoms. The van der Waals surface area contributed by atoms with Crippen molar-refractivity contribution in [3.05, 3.63) is 41.6 Å². The Morgan fingerprint density at radius 3 is 2.59 bits per heavy atom. The van der Waals surface area contributed by atoms with Crippen LogP contribution in [0.2, 0.25) is 0 Å². The number of aryl methyl sites for hydroxylation is 1. The van der Waals surface area contributed by atoms with Gasteiger partial charge in [0.2, 0.25) is 5.91 Å². The van der Waals surface area contributed by atoms with E-state index in [0.717, 1.165) is 17.1 Å². The molecule has 0 fully saturated rings. The molecule has 2 rings (SSSR count). The van der Waals surface area contributed by atoms with Crippen LogP contribution in [0.15, 0.2) is 30.5 Å². The van der Waals surface area contributed by atoms with Gasteiger partial charge in [-0.25, -0.2) is 4.68 Å². The molecule has 0 aliphatic heterocycles. The van der Waals surface area contributed by atoms with E-state index in [1.807, 2.05) is 39.0 Å². The van der Waals surface area contributed by atoms with Crippen molar-refractivity contribution in [1.82, 2.24) is 9.78 Å². The van der Waals surface area contributed by atoms with Crippen molar-refractivity contribution in [3.63, 3.8) is 0 Å². The second kappa shape index (κ2) is 6.64. The summed E-state index contributed by atoms with van der Waals surface area (Å²) in [4.78, 5) is 12.4. The standard InChI is InChI=1S/C17H24N4O/c1-11(2)21-16(9-10-18-21)20-17(22)14(5)19-15-8-6-7-12(3)13(15)4/h6-11,14,19H,1-5H3,(H,20,22)/t14-/m1/s1. The van der Waals surface area contributed by atoms with E-state index in [1.54, 1.807) is 10.9 Å². The molecule has 1 amide bonds. The number of hydrogen-bond acceptors (Lipinski definition) is 3. The van der Waals surface area contributed by atoms with Gasteiger partial charge in [0.15, 0.2) is 0 Å².